The predicted molar refractivity (Wildman–Crippen MR) is 80.6 cm³/mol. The van der Waals surface area contributed by atoms with Crippen LogP contribution in [-0.2, 0) is 17.8 Å². The summed E-state index contributed by atoms with van der Waals surface area (Å²) >= 11 is 1.92. The molecule has 0 radical (unpaired) electrons. The van der Waals surface area contributed by atoms with Crippen molar-refractivity contribution in [1.82, 2.24) is 20.6 Å². The van der Waals surface area contributed by atoms with Gasteiger partial charge >= 0.3 is 0 Å². The summed E-state index contributed by atoms with van der Waals surface area (Å²) < 4.78 is 0. The number of amides is 1. The van der Waals surface area contributed by atoms with E-state index in [1.54, 1.807) is 6.33 Å². The fraction of sp³-hybridized carbons (Fsp3) is 0.714. The molecule has 110 valence electrons. The topological polar surface area (TPSA) is 69.8 Å². The maximum absolute atomic E-state index is 12.4. The number of H-pyrrole nitrogens is 1. The van der Waals surface area contributed by atoms with Gasteiger partial charge in [0.05, 0.1) is 23.8 Å². The molecule has 1 aromatic rings. The standard InChI is InChI=1S/C14H22N4OS/c1-20-10-4-2-3-9(5-10)18-14(19)12-6-11-13(7-15-12)17-8-16-11/h8-10,12,15H,2-7H2,1H3,(H,16,17)(H,18,19). The molecule has 3 atom stereocenters. The van der Waals surface area contributed by atoms with Gasteiger partial charge in [-0.05, 0) is 25.5 Å². The molecule has 2 heterocycles. The molecule has 1 aliphatic carbocycles. The molecule has 1 amide bonds. The molecule has 5 nitrogen and oxygen atoms in total. The van der Waals surface area contributed by atoms with Crippen LogP contribution in [0.4, 0.5) is 0 Å². The van der Waals surface area contributed by atoms with Crippen LogP contribution >= 0.6 is 11.8 Å². The van der Waals surface area contributed by atoms with Crippen LogP contribution < -0.4 is 10.6 Å². The minimum absolute atomic E-state index is 0.130. The Labute approximate surface area is 123 Å². The molecule has 0 aromatic carbocycles. The molecular formula is C14H22N4OS. The summed E-state index contributed by atoms with van der Waals surface area (Å²) in [6, 6.07) is 0.205. The van der Waals surface area contributed by atoms with Gasteiger partial charge < -0.3 is 10.3 Å². The summed E-state index contributed by atoms with van der Waals surface area (Å²) in [5.74, 6) is 0.130. The van der Waals surface area contributed by atoms with E-state index < -0.39 is 0 Å². The number of carbonyl (C=O) groups is 1. The van der Waals surface area contributed by atoms with E-state index in [0.717, 1.165) is 24.2 Å². The summed E-state index contributed by atoms with van der Waals surface area (Å²) in [4.78, 5) is 19.8. The number of imidazole rings is 1. The first-order valence-electron chi connectivity index (χ1n) is 7.34. The van der Waals surface area contributed by atoms with Crippen molar-refractivity contribution in [2.45, 2.75) is 56.0 Å². The highest BCUT2D eigenvalue weighted by molar-refractivity contribution is 7.99. The predicted octanol–water partition coefficient (Wildman–Crippen LogP) is 1.21. The van der Waals surface area contributed by atoms with Gasteiger partial charge in [0.25, 0.3) is 0 Å². The van der Waals surface area contributed by atoms with E-state index in [1.165, 1.54) is 12.8 Å². The molecule has 20 heavy (non-hydrogen) atoms. The Balaban J connectivity index is 1.55. The zero-order valence-electron chi connectivity index (χ0n) is 11.8. The van der Waals surface area contributed by atoms with Gasteiger partial charge in [-0.15, -0.1) is 0 Å². The normalized spacial score (nSPS) is 29.8. The van der Waals surface area contributed by atoms with Gasteiger partial charge in [0.15, 0.2) is 0 Å². The molecule has 0 spiro atoms. The van der Waals surface area contributed by atoms with E-state index >= 15 is 0 Å². The first-order chi connectivity index (χ1) is 9.76. The van der Waals surface area contributed by atoms with E-state index in [1.807, 2.05) is 11.8 Å². The smallest absolute Gasteiger partial charge is 0.237 e. The van der Waals surface area contributed by atoms with Crippen LogP contribution in [0, 0.1) is 0 Å². The van der Waals surface area contributed by atoms with Gasteiger partial charge in [0.2, 0.25) is 5.91 Å². The van der Waals surface area contributed by atoms with Gasteiger partial charge in [0.1, 0.15) is 0 Å². The minimum atomic E-state index is -0.138. The lowest BCUT2D eigenvalue weighted by Crippen LogP contribution is -2.51. The van der Waals surface area contributed by atoms with Crippen LogP contribution in [0.25, 0.3) is 0 Å². The van der Waals surface area contributed by atoms with Crippen molar-refractivity contribution in [3.05, 3.63) is 17.7 Å². The highest BCUT2D eigenvalue weighted by atomic mass is 32.2. The Morgan fingerprint density at radius 3 is 3.25 bits per heavy atom. The third-order valence-electron chi connectivity index (χ3n) is 4.35. The van der Waals surface area contributed by atoms with E-state index in [9.17, 15) is 4.79 Å². The SMILES string of the molecule is CSC1CCCC(NC(=O)C2Cc3nc[nH]c3CN2)C1. The Bertz CT molecular complexity index is 475. The molecule has 3 N–H and O–H groups in total. The average Bonchev–Trinajstić information content (AvgIpc) is 2.94. The molecule has 1 aromatic heterocycles. The van der Waals surface area contributed by atoms with Gasteiger partial charge in [-0.25, -0.2) is 4.98 Å². The van der Waals surface area contributed by atoms with E-state index in [-0.39, 0.29) is 11.9 Å². The molecule has 3 rings (SSSR count). The summed E-state index contributed by atoms with van der Waals surface area (Å²) in [6.07, 6.45) is 9.28. The number of fused-ring (bicyclic) bond motifs is 1. The molecule has 0 saturated heterocycles. The maximum Gasteiger partial charge on any atom is 0.237 e. The molecule has 3 unspecified atom stereocenters. The van der Waals surface area contributed by atoms with Crippen LogP contribution in [0.1, 0.15) is 37.1 Å². The van der Waals surface area contributed by atoms with Gasteiger partial charge in [-0.2, -0.15) is 11.8 Å². The third kappa shape index (κ3) is 3.01. The van der Waals surface area contributed by atoms with Crippen molar-refractivity contribution in [2.75, 3.05) is 6.26 Å². The number of aromatic nitrogens is 2. The monoisotopic (exact) mass is 294 g/mol. The van der Waals surface area contributed by atoms with Crippen molar-refractivity contribution < 1.29 is 4.79 Å². The lowest BCUT2D eigenvalue weighted by Gasteiger charge is -2.31. The Kier molecular flexibility index (Phi) is 4.31. The summed E-state index contributed by atoms with van der Waals surface area (Å²) in [7, 11) is 0. The summed E-state index contributed by atoms with van der Waals surface area (Å²) in [6.45, 7) is 0.700. The number of hydrogen-bond donors (Lipinski definition) is 3. The first kappa shape index (κ1) is 13.9. The van der Waals surface area contributed by atoms with Crippen LogP contribution in [-0.4, -0.2) is 39.5 Å². The average molecular weight is 294 g/mol. The van der Waals surface area contributed by atoms with Crippen molar-refractivity contribution in [3.63, 3.8) is 0 Å². The largest absolute Gasteiger partial charge is 0.352 e. The van der Waals surface area contributed by atoms with Crippen LogP contribution in [0.3, 0.4) is 0 Å². The van der Waals surface area contributed by atoms with Crippen LogP contribution in [0.2, 0.25) is 0 Å². The zero-order chi connectivity index (χ0) is 13.9. The third-order valence-corrected chi connectivity index (χ3v) is 5.45. The molecule has 2 aliphatic rings. The van der Waals surface area contributed by atoms with Gasteiger partial charge in [0, 0.05) is 24.3 Å². The van der Waals surface area contributed by atoms with Crippen molar-refractivity contribution >= 4 is 17.7 Å². The highest BCUT2D eigenvalue weighted by Crippen LogP contribution is 2.27. The molecule has 1 aliphatic heterocycles. The van der Waals surface area contributed by atoms with Crippen LogP contribution in [0.5, 0.6) is 0 Å². The number of thioether (sulfide) groups is 1. The van der Waals surface area contributed by atoms with Crippen molar-refractivity contribution in [2.24, 2.45) is 0 Å². The molecular weight excluding hydrogens is 272 g/mol. The second-order valence-corrected chi connectivity index (χ2v) is 6.83. The van der Waals surface area contributed by atoms with E-state index in [4.69, 9.17) is 0 Å². The van der Waals surface area contributed by atoms with Crippen LogP contribution in [0.15, 0.2) is 6.33 Å². The first-order valence-corrected chi connectivity index (χ1v) is 8.62. The second-order valence-electron chi connectivity index (χ2n) is 5.70. The fourth-order valence-electron chi connectivity index (χ4n) is 3.15. The zero-order valence-corrected chi connectivity index (χ0v) is 12.6. The summed E-state index contributed by atoms with van der Waals surface area (Å²) in [5.41, 5.74) is 2.13. The highest BCUT2D eigenvalue weighted by Gasteiger charge is 2.29. The number of nitrogens with one attached hydrogen (secondary N) is 3. The molecule has 1 saturated carbocycles. The molecule has 1 fully saturated rings. The van der Waals surface area contributed by atoms with Gasteiger partial charge in [-0.3, -0.25) is 10.1 Å². The number of rotatable bonds is 3. The van der Waals surface area contributed by atoms with E-state index in [0.29, 0.717) is 24.3 Å². The Hall–Kier alpha value is -1.01. The number of hydrogen-bond acceptors (Lipinski definition) is 4. The summed E-state index contributed by atoms with van der Waals surface area (Å²) in [5, 5.41) is 7.21. The second kappa shape index (κ2) is 6.18. The van der Waals surface area contributed by atoms with Gasteiger partial charge in [-0.1, -0.05) is 6.42 Å². The van der Waals surface area contributed by atoms with Crippen molar-refractivity contribution in [3.8, 4) is 0 Å². The maximum atomic E-state index is 12.4. The molecule has 6 heteroatoms. The minimum Gasteiger partial charge on any atom is -0.352 e. The quantitative estimate of drug-likeness (QED) is 0.784. The Morgan fingerprint density at radius 1 is 1.50 bits per heavy atom. The van der Waals surface area contributed by atoms with Crippen molar-refractivity contribution in [1.29, 1.82) is 0 Å². The Morgan fingerprint density at radius 2 is 2.40 bits per heavy atom. The van der Waals surface area contributed by atoms with E-state index in [2.05, 4.69) is 26.9 Å². The fourth-order valence-corrected chi connectivity index (χ4v) is 3.97. The number of aromatic amines is 1. The number of nitrogens with zero attached hydrogens (tertiary/aromatic N) is 1. The lowest BCUT2D eigenvalue weighted by atomic mass is 9.94. The number of carbonyl (C=O) groups excluding carboxylic acids is 1. The lowest BCUT2D eigenvalue weighted by molar-refractivity contribution is -0.124. The molecule has 0 bridgehead atoms.